The lowest BCUT2D eigenvalue weighted by atomic mass is 10.0. The molecule has 0 saturated carbocycles. The number of ether oxygens (including phenoxy) is 1. The average Bonchev–Trinajstić information content (AvgIpc) is 2.67. The second-order valence-electron chi connectivity index (χ2n) is 5.38. The second kappa shape index (κ2) is 8.06. The van der Waals surface area contributed by atoms with Gasteiger partial charge in [-0.25, -0.2) is 4.39 Å². The SMILES string of the molecule is O=C(COc1ccccc1F)NC(c1ccccc1)c1ccccn1. The van der Waals surface area contributed by atoms with Gasteiger partial charge in [-0.3, -0.25) is 9.78 Å². The zero-order valence-electron chi connectivity index (χ0n) is 13.4. The van der Waals surface area contributed by atoms with Gasteiger partial charge in [0.05, 0.1) is 11.7 Å². The van der Waals surface area contributed by atoms with Crippen molar-refractivity contribution in [3.63, 3.8) is 0 Å². The second-order valence-corrected chi connectivity index (χ2v) is 5.38. The van der Waals surface area contributed by atoms with Crippen molar-refractivity contribution in [2.24, 2.45) is 0 Å². The van der Waals surface area contributed by atoms with E-state index in [1.807, 2.05) is 48.5 Å². The standard InChI is InChI=1S/C20H17FN2O2/c21-16-10-4-5-12-18(16)25-14-19(24)23-20(15-8-2-1-3-9-15)17-11-6-7-13-22-17/h1-13,20H,14H2,(H,23,24). The van der Waals surface area contributed by atoms with Gasteiger partial charge in [0, 0.05) is 6.20 Å². The highest BCUT2D eigenvalue weighted by atomic mass is 19.1. The summed E-state index contributed by atoms with van der Waals surface area (Å²) >= 11 is 0. The fraction of sp³-hybridized carbons (Fsp3) is 0.100. The summed E-state index contributed by atoms with van der Waals surface area (Å²) in [4.78, 5) is 16.6. The minimum Gasteiger partial charge on any atom is -0.481 e. The summed E-state index contributed by atoms with van der Waals surface area (Å²) in [5.74, 6) is -0.811. The zero-order valence-corrected chi connectivity index (χ0v) is 13.4. The van der Waals surface area contributed by atoms with Gasteiger partial charge in [-0.1, -0.05) is 48.5 Å². The Morgan fingerprint density at radius 1 is 1.00 bits per heavy atom. The molecule has 1 aromatic heterocycles. The number of hydrogen-bond donors (Lipinski definition) is 1. The monoisotopic (exact) mass is 336 g/mol. The highest BCUT2D eigenvalue weighted by Crippen LogP contribution is 2.20. The van der Waals surface area contributed by atoms with Crippen molar-refractivity contribution < 1.29 is 13.9 Å². The lowest BCUT2D eigenvalue weighted by Crippen LogP contribution is -2.33. The molecule has 5 heteroatoms. The number of nitrogens with zero attached hydrogens (tertiary/aromatic N) is 1. The van der Waals surface area contributed by atoms with Crippen LogP contribution in [0.3, 0.4) is 0 Å². The number of carbonyl (C=O) groups excluding carboxylic acids is 1. The summed E-state index contributed by atoms with van der Waals surface area (Å²) in [7, 11) is 0. The van der Waals surface area contributed by atoms with E-state index in [0.29, 0.717) is 5.69 Å². The normalized spacial score (nSPS) is 11.6. The first-order valence-corrected chi connectivity index (χ1v) is 7.86. The van der Waals surface area contributed by atoms with E-state index in [4.69, 9.17) is 4.74 Å². The number of amides is 1. The van der Waals surface area contributed by atoms with Crippen molar-refractivity contribution in [1.29, 1.82) is 0 Å². The number of benzene rings is 2. The van der Waals surface area contributed by atoms with Crippen molar-refractivity contribution in [3.8, 4) is 5.75 Å². The third-order valence-electron chi connectivity index (χ3n) is 3.62. The molecule has 0 aliphatic heterocycles. The molecule has 0 aliphatic carbocycles. The lowest BCUT2D eigenvalue weighted by Gasteiger charge is -2.19. The molecule has 1 N–H and O–H groups in total. The van der Waals surface area contributed by atoms with Crippen molar-refractivity contribution >= 4 is 5.91 Å². The molecule has 0 bridgehead atoms. The molecule has 0 spiro atoms. The van der Waals surface area contributed by atoms with E-state index >= 15 is 0 Å². The maximum atomic E-state index is 13.6. The fourth-order valence-corrected chi connectivity index (χ4v) is 2.43. The van der Waals surface area contributed by atoms with Gasteiger partial charge in [0.2, 0.25) is 0 Å². The van der Waals surface area contributed by atoms with Crippen molar-refractivity contribution in [2.75, 3.05) is 6.61 Å². The first-order valence-electron chi connectivity index (χ1n) is 7.86. The summed E-state index contributed by atoms with van der Waals surface area (Å²) < 4.78 is 18.8. The molecule has 1 heterocycles. The van der Waals surface area contributed by atoms with Crippen LogP contribution in [0.15, 0.2) is 79.0 Å². The molecule has 4 nitrogen and oxygen atoms in total. The van der Waals surface area contributed by atoms with Crippen LogP contribution in [0.4, 0.5) is 4.39 Å². The molecular weight excluding hydrogens is 319 g/mol. The van der Waals surface area contributed by atoms with Crippen LogP contribution in [0.5, 0.6) is 5.75 Å². The average molecular weight is 336 g/mol. The van der Waals surface area contributed by atoms with E-state index in [0.717, 1.165) is 5.56 Å². The number of rotatable bonds is 6. The Labute approximate surface area is 145 Å². The predicted octanol–water partition coefficient (Wildman–Crippen LogP) is 3.51. The van der Waals surface area contributed by atoms with E-state index in [2.05, 4.69) is 10.3 Å². The van der Waals surface area contributed by atoms with Gasteiger partial charge < -0.3 is 10.1 Å². The van der Waals surface area contributed by atoms with E-state index in [9.17, 15) is 9.18 Å². The van der Waals surface area contributed by atoms with Crippen LogP contribution in [-0.4, -0.2) is 17.5 Å². The van der Waals surface area contributed by atoms with Crippen LogP contribution >= 0.6 is 0 Å². The molecule has 2 aromatic carbocycles. The summed E-state index contributed by atoms with van der Waals surface area (Å²) in [6, 6.07) is 20.6. The highest BCUT2D eigenvalue weighted by Gasteiger charge is 2.18. The van der Waals surface area contributed by atoms with E-state index in [1.165, 1.54) is 12.1 Å². The number of para-hydroxylation sites is 1. The topological polar surface area (TPSA) is 51.2 Å². The number of pyridine rings is 1. The van der Waals surface area contributed by atoms with Crippen LogP contribution in [0, 0.1) is 5.82 Å². The highest BCUT2D eigenvalue weighted by molar-refractivity contribution is 5.78. The number of halogens is 1. The van der Waals surface area contributed by atoms with Gasteiger partial charge in [-0.2, -0.15) is 0 Å². The molecule has 0 fully saturated rings. The van der Waals surface area contributed by atoms with Crippen LogP contribution in [0.1, 0.15) is 17.3 Å². The molecule has 1 atom stereocenters. The summed E-state index contributed by atoms with van der Waals surface area (Å²) in [5.41, 5.74) is 1.62. The van der Waals surface area contributed by atoms with Crippen molar-refractivity contribution in [2.45, 2.75) is 6.04 Å². The Hall–Kier alpha value is -3.21. The molecule has 126 valence electrons. The molecule has 25 heavy (non-hydrogen) atoms. The molecule has 1 amide bonds. The Morgan fingerprint density at radius 3 is 2.44 bits per heavy atom. The first kappa shape index (κ1) is 16.6. The van der Waals surface area contributed by atoms with Crippen LogP contribution in [0.2, 0.25) is 0 Å². The largest absolute Gasteiger partial charge is 0.481 e. The zero-order chi connectivity index (χ0) is 17.5. The maximum Gasteiger partial charge on any atom is 0.258 e. The Bertz CT molecular complexity index is 786. The van der Waals surface area contributed by atoms with Crippen LogP contribution in [0.25, 0.3) is 0 Å². The third kappa shape index (κ3) is 4.41. The van der Waals surface area contributed by atoms with Crippen LogP contribution in [-0.2, 0) is 4.79 Å². The Morgan fingerprint density at radius 2 is 1.72 bits per heavy atom. The van der Waals surface area contributed by atoms with Gasteiger partial charge in [0.25, 0.3) is 5.91 Å². The summed E-state index contributed by atoms with van der Waals surface area (Å²) in [6.45, 7) is -0.281. The molecule has 3 aromatic rings. The van der Waals surface area contributed by atoms with Crippen molar-refractivity contribution in [3.05, 3.63) is 96.1 Å². The lowest BCUT2D eigenvalue weighted by molar-refractivity contribution is -0.123. The van der Waals surface area contributed by atoms with Gasteiger partial charge in [-0.05, 0) is 29.8 Å². The van der Waals surface area contributed by atoms with E-state index in [1.54, 1.807) is 18.3 Å². The number of carbonyl (C=O) groups is 1. The third-order valence-corrected chi connectivity index (χ3v) is 3.62. The van der Waals surface area contributed by atoms with Crippen LogP contribution < -0.4 is 10.1 Å². The Kier molecular flexibility index (Phi) is 5.36. The minimum absolute atomic E-state index is 0.0479. The van der Waals surface area contributed by atoms with Gasteiger partial charge in [0.1, 0.15) is 0 Å². The predicted molar refractivity (Wildman–Crippen MR) is 92.6 cm³/mol. The van der Waals surface area contributed by atoms with Crippen molar-refractivity contribution in [1.82, 2.24) is 10.3 Å². The molecule has 3 rings (SSSR count). The quantitative estimate of drug-likeness (QED) is 0.749. The fourth-order valence-electron chi connectivity index (χ4n) is 2.43. The number of aromatic nitrogens is 1. The summed E-state index contributed by atoms with van der Waals surface area (Å²) in [6.07, 6.45) is 1.67. The van der Waals surface area contributed by atoms with Gasteiger partial charge in [0.15, 0.2) is 18.2 Å². The minimum atomic E-state index is -0.500. The first-order chi connectivity index (χ1) is 12.2. The number of hydrogen-bond acceptors (Lipinski definition) is 3. The maximum absolute atomic E-state index is 13.6. The molecule has 0 saturated heterocycles. The van der Waals surface area contributed by atoms with E-state index in [-0.39, 0.29) is 18.3 Å². The molecule has 0 radical (unpaired) electrons. The smallest absolute Gasteiger partial charge is 0.258 e. The van der Waals surface area contributed by atoms with E-state index < -0.39 is 11.9 Å². The molecule has 0 aliphatic rings. The van der Waals surface area contributed by atoms with Gasteiger partial charge in [-0.15, -0.1) is 0 Å². The molecule has 1 unspecified atom stereocenters. The summed E-state index contributed by atoms with van der Waals surface area (Å²) in [5, 5.41) is 2.89. The van der Waals surface area contributed by atoms with Gasteiger partial charge >= 0.3 is 0 Å². The Balaban J connectivity index is 1.72. The number of nitrogens with one attached hydrogen (secondary N) is 1. The molecular formula is C20H17FN2O2.